The van der Waals surface area contributed by atoms with Crippen LogP contribution < -0.4 is 10.1 Å². The molecule has 2 amide bonds. The maximum Gasteiger partial charge on any atom is 0.407 e. The van der Waals surface area contributed by atoms with Crippen LogP contribution in [-0.4, -0.2) is 71.4 Å². The summed E-state index contributed by atoms with van der Waals surface area (Å²) in [5.74, 6) is -2.54. The van der Waals surface area contributed by atoms with Gasteiger partial charge >= 0.3 is 12.1 Å². The fourth-order valence-corrected chi connectivity index (χ4v) is 8.04. The molecular weight excluding hydrogens is 739 g/mol. The highest BCUT2D eigenvalue weighted by atomic mass is 32.2. The number of nitro benzene ring substituents is 3. The molecule has 5 rings (SSSR count). The van der Waals surface area contributed by atoms with Gasteiger partial charge in [0, 0.05) is 76.1 Å². The summed E-state index contributed by atoms with van der Waals surface area (Å²) in [5.41, 5.74) is 0.490. The van der Waals surface area contributed by atoms with Gasteiger partial charge in [0.2, 0.25) is 5.91 Å². The number of nitrogens with one attached hydrogen (secondary N) is 1. The minimum atomic E-state index is -1.64. The zero-order chi connectivity index (χ0) is 38.4. The van der Waals surface area contributed by atoms with Crippen molar-refractivity contribution in [2.75, 3.05) is 12.3 Å². The van der Waals surface area contributed by atoms with Gasteiger partial charge in [-0.05, 0) is 36.2 Å². The quantitative estimate of drug-likeness (QED) is 0.0516. The van der Waals surface area contributed by atoms with Crippen LogP contribution in [0.25, 0.3) is 0 Å². The van der Waals surface area contributed by atoms with Gasteiger partial charge in [-0.25, -0.2) is 9.59 Å². The minimum Gasteiger partial charge on any atom is -0.445 e. The number of alkyl carbamates (subject to hydrolysis) is 1. The Morgan fingerprint density at radius 2 is 1.53 bits per heavy atom. The number of hydrogen-bond donors (Lipinski definition) is 2. The van der Waals surface area contributed by atoms with Gasteiger partial charge in [0.1, 0.15) is 18.1 Å². The fraction of sp³-hybridized carbons (Fsp3) is 0.303. The van der Waals surface area contributed by atoms with Crippen LogP contribution in [0.3, 0.4) is 0 Å². The first-order chi connectivity index (χ1) is 25.2. The molecule has 0 bridgehead atoms. The minimum absolute atomic E-state index is 0.0162. The number of rotatable bonds is 16. The van der Waals surface area contributed by atoms with Gasteiger partial charge in [0.15, 0.2) is 0 Å². The molecule has 0 aromatic heterocycles. The van der Waals surface area contributed by atoms with E-state index < -0.39 is 67.3 Å². The Morgan fingerprint density at radius 3 is 2.11 bits per heavy atom. The van der Waals surface area contributed by atoms with Crippen molar-refractivity contribution in [1.82, 2.24) is 10.2 Å². The number of aliphatic hydroxyl groups excluding tert-OH is 1. The molecule has 3 aromatic carbocycles. The van der Waals surface area contributed by atoms with E-state index >= 15 is 0 Å². The molecule has 18 nitrogen and oxygen atoms in total. The number of fused-ring (bicyclic) bond motifs is 1. The third kappa shape index (κ3) is 9.20. The summed E-state index contributed by atoms with van der Waals surface area (Å²) in [6, 6.07) is 13.9. The van der Waals surface area contributed by atoms with Crippen molar-refractivity contribution in [2.45, 2.75) is 43.6 Å². The van der Waals surface area contributed by atoms with E-state index in [-0.39, 0.29) is 65.2 Å². The lowest BCUT2D eigenvalue weighted by Crippen LogP contribution is -2.62. The Morgan fingerprint density at radius 1 is 0.943 bits per heavy atom. The van der Waals surface area contributed by atoms with Crippen LogP contribution in [0.1, 0.15) is 30.0 Å². The Hall–Kier alpha value is -5.73. The standard InChI is InChI=1S/C33H31N5O13S2/c1-19(39)29-26-15-28(52-13-12-34-33(42)50-16-20-2-7-23(8-3-20)36(43)44)30(35(26)31(29)40)32(41)51-27-14-25(38(47)48)11-6-22(27)18-53(49)17-21-4-9-24(10-5-21)37(45)46/h2-11,14,19,26,29,39H,12-13,15-18H2,1H3,(H,34,42)/t19-,26-,29-,53?/m1/s1. The van der Waals surface area contributed by atoms with Gasteiger partial charge < -0.3 is 24.8 Å². The van der Waals surface area contributed by atoms with Crippen molar-refractivity contribution in [1.29, 1.82) is 0 Å². The largest absolute Gasteiger partial charge is 0.445 e. The zero-order valence-electron chi connectivity index (χ0n) is 27.8. The molecule has 4 atom stereocenters. The molecule has 3 aromatic rings. The van der Waals surface area contributed by atoms with E-state index in [0.29, 0.717) is 16.0 Å². The molecule has 0 spiro atoms. The highest BCUT2D eigenvalue weighted by Crippen LogP contribution is 2.47. The molecule has 1 saturated heterocycles. The number of esters is 1. The first-order valence-electron chi connectivity index (χ1n) is 15.8. The number of nitrogens with zero attached hydrogens (tertiary/aromatic N) is 4. The monoisotopic (exact) mass is 769 g/mol. The summed E-state index contributed by atoms with van der Waals surface area (Å²) in [5, 5.41) is 46.2. The molecule has 1 unspecified atom stereocenters. The number of benzene rings is 3. The van der Waals surface area contributed by atoms with Crippen LogP contribution in [-0.2, 0) is 43.2 Å². The van der Waals surface area contributed by atoms with Crippen molar-refractivity contribution in [3.05, 3.63) is 124 Å². The second kappa shape index (κ2) is 16.7. The number of non-ortho nitro benzene ring substituents is 3. The van der Waals surface area contributed by atoms with E-state index in [4.69, 9.17) is 9.47 Å². The lowest BCUT2D eigenvalue weighted by atomic mass is 9.83. The number of hydrogen-bond acceptors (Lipinski definition) is 14. The number of β-lactam (4-membered cyclic amide) rings is 1. The number of carbonyl (C=O) groups excluding carboxylic acids is 3. The zero-order valence-corrected chi connectivity index (χ0v) is 29.4. The first kappa shape index (κ1) is 38.5. The maximum absolute atomic E-state index is 13.8. The highest BCUT2D eigenvalue weighted by molar-refractivity contribution is 8.03. The van der Waals surface area contributed by atoms with Gasteiger partial charge in [0.05, 0.1) is 44.7 Å². The van der Waals surface area contributed by atoms with Crippen molar-refractivity contribution in [2.24, 2.45) is 5.92 Å². The van der Waals surface area contributed by atoms with Gasteiger partial charge in [0.25, 0.3) is 17.1 Å². The lowest BCUT2D eigenvalue weighted by Gasteiger charge is -2.44. The van der Waals surface area contributed by atoms with E-state index in [9.17, 15) is 54.0 Å². The summed E-state index contributed by atoms with van der Waals surface area (Å²) in [6.45, 7) is 1.40. The van der Waals surface area contributed by atoms with Crippen molar-refractivity contribution < 1.29 is 47.9 Å². The van der Waals surface area contributed by atoms with Gasteiger partial charge in [-0.1, -0.05) is 12.1 Å². The number of nitro groups is 3. The van der Waals surface area contributed by atoms with Crippen molar-refractivity contribution >= 4 is 57.6 Å². The Kier molecular flexibility index (Phi) is 12.2. The molecule has 0 saturated carbocycles. The molecule has 278 valence electrons. The summed E-state index contributed by atoms with van der Waals surface area (Å²) in [4.78, 5) is 72.3. The van der Waals surface area contributed by atoms with Crippen LogP contribution in [0.15, 0.2) is 77.3 Å². The molecule has 2 N–H and O–H groups in total. The first-order valence-corrected chi connectivity index (χ1v) is 18.3. The summed E-state index contributed by atoms with van der Waals surface area (Å²) < 4.78 is 23.9. The van der Waals surface area contributed by atoms with Crippen LogP contribution in [0, 0.1) is 36.3 Å². The second-order valence-electron chi connectivity index (χ2n) is 11.9. The highest BCUT2D eigenvalue weighted by Gasteiger charge is 2.57. The molecular formula is C33H31N5O13S2. The van der Waals surface area contributed by atoms with Crippen LogP contribution in [0.4, 0.5) is 21.9 Å². The van der Waals surface area contributed by atoms with Gasteiger partial charge in [-0.3, -0.25) is 39.3 Å². The van der Waals surface area contributed by atoms with Crippen LogP contribution in [0.2, 0.25) is 0 Å². The summed E-state index contributed by atoms with van der Waals surface area (Å²) in [6.07, 6.45) is -1.57. The van der Waals surface area contributed by atoms with E-state index in [1.807, 2.05) is 0 Å². The van der Waals surface area contributed by atoms with Crippen molar-refractivity contribution in [3.8, 4) is 5.75 Å². The topological polar surface area (TPSA) is 252 Å². The fourth-order valence-electron chi connectivity index (χ4n) is 5.73. The molecule has 2 aliphatic heterocycles. The third-order valence-electron chi connectivity index (χ3n) is 8.30. The molecule has 2 aliphatic rings. The average Bonchev–Trinajstić information content (AvgIpc) is 3.43. The molecule has 0 aliphatic carbocycles. The predicted molar refractivity (Wildman–Crippen MR) is 189 cm³/mol. The second-order valence-corrected chi connectivity index (χ2v) is 14.5. The number of ether oxygens (including phenoxy) is 2. The number of carbonyl (C=O) groups is 3. The average molecular weight is 770 g/mol. The van der Waals surface area contributed by atoms with E-state index in [1.54, 1.807) is 0 Å². The summed E-state index contributed by atoms with van der Waals surface area (Å²) >= 11 is 1.15. The smallest absolute Gasteiger partial charge is 0.407 e. The van der Waals surface area contributed by atoms with E-state index in [2.05, 4.69) is 5.32 Å². The molecule has 2 heterocycles. The van der Waals surface area contributed by atoms with Crippen LogP contribution in [0.5, 0.6) is 5.75 Å². The molecule has 20 heteroatoms. The Labute approximate surface area is 307 Å². The molecule has 53 heavy (non-hydrogen) atoms. The predicted octanol–water partition coefficient (Wildman–Crippen LogP) is 4.25. The Bertz CT molecular complexity index is 2000. The maximum atomic E-state index is 13.8. The summed E-state index contributed by atoms with van der Waals surface area (Å²) in [7, 11) is -1.64. The molecule has 1 fully saturated rings. The third-order valence-corrected chi connectivity index (χ3v) is 10.7. The molecule has 0 radical (unpaired) electrons. The number of aliphatic hydroxyl groups is 1. The van der Waals surface area contributed by atoms with Gasteiger partial charge in [-0.2, -0.15) is 0 Å². The Balaban J connectivity index is 1.27. The van der Waals surface area contributed by atoms with Gasteiger partial charge in [-0.15, -0.1) is 11.8 Å². The number of thioether (sulfide) groups is 1. The van der Waals surface area contributed by atoms with Crippen molar-refractivity contribution in [3.63, 3.8) is 0 Å². The normalized spacial score (nSPS) is 17.3. The van der Waals surface area contributed by atoms with E-state index in [0.717, 1.165) is 23.9 Å². The van der Waals surface area contributed by atoms with Crippen LogP contribution >= 0.6 is 11.8 Å². The number of amides is 2. The lowest BCUT2D eigenvalue weighted by molar-refractivity contribution is -0.385. The van der Waals surface area contributed by atoms with E-state index in [1.165, 1.54) is 66.4 Å². The SMILES string of the molecule is C[C@@H](O)[C@H]1C(=O)N2C(C(=O)Oc3cc([N+](=O)[O-])ccc3CS(=O)Cc3ccc([N+](=O)[O-])cc3)=C(SCCNC(=O)OCc3ccc([N+](=O)[O-])cc3)C[C@H]12.